The number of rotatable bonds is 5. The molecule has 0 aromatic heterocycles. The minimum Gasteiger partial charge on any atom is -0.497 e. The highest BCUT2D eigenvalue weighted by Crippen LogP contribution is 2.15. The molecule has 2 aromatic carbocycles. The molecule has 2 aromatic rings. The number of carbonyl (C=O) groups is 1. The van der Waals surface area contributed by atoms with Gasteiger partial charge in [-0.25, -0.2) is 0 Å². The van der Waals surface area contributed by atoms with Gasteiger partial charge in [0.05, 0.1) is 7.11 Å². The lowest BCUT2D eigenvalue weighted by molar-refractivity contribution is -0.116. The summed E-state index contributed by atoms with van der Waals surface area (Å²) in [7, 11) is 1.67. The minimum absolute atomic E-state index is 0.197. The van der Waals surface area contributed by atoms with Gasteiger partial charge in [0.15, 0.2) is 0 Å². The van der Waals surface area contributed by atoms with Crippen molar-refractivity contribution in [2.45, 2.75) is 19.8 Å². The Bertz CT molecular complexity index is 538. The van der Waals surface area contributed by atoms with Crippen molar-refractivity contribution >= 4 is 5.78 Å². The van der Waals surface area contributed by atoms with Crippen molar-refractivity contribution < 1.29 is 9.53 Å². The van der Waals surface area contributed by atoms with Crippen LogP contribution in [0.25, 0.3) is 0 Å². The molecule has 0 radical (unpaired) electrons. The van der Waals surface area contributed by atoms with E-state index in [-0.39, 0.29) is 5.78 Å². The molecule has 2 nitrogen and oxygen atoms in total. The number of Topliss-reactive ketones (excluding diaryl/α,β-unsaturated/α-hetero) is 1. The highest BCUT2D eigenvalue weighted by atomic mass is 16.5. The molecule has 0 bridgehead atoms. The number of ketones is 1. The maximum atomic E-state index is 11.0. The smallest absolute Gasteiger partial charge is 0.134 e. The summed E-state index contributed by atoms with van der Waals surface area (Å²) in [6.07, 6.45) is 1.41. The molecule has 0 saturated carbocycles. The second-order valence-corrected chi connectivity index (χ2v) is 4.72. The summed E-state index contributed by atoms with van der Waals surface area (Å²) in [4.78, 5) is 11.0. The number of ether oxygens (including phenoxy) is 1. The first-order valence-corrected chi connectivity index (χ1v) is 6.37. The number of carbonyl (C=O) groups excluding carboxylic acids is 1. The standard InChI is InChI=1S/C17H18O2/c1-13(18)11-14-3-5-15(6-4-14)12-16-7-9-17(19-2)10-8-16/h3-10H,11-12H2,1-2H3. The van der Waals surface area contributed by atoms with Crippen molar-refractivity contribution in [3.05, 3.63) is 65.2 Å². The zero-order chi connectivity index (χ0) is 13.7. The van der Waals surface area contributed by atoms with Gasteiger partial charge in [0.1, 0.15) is 11.5 Å². The number of hydrogen-bond donors (Lipinski definition) is 0. The SMILES string of the molecule is COc1ccc(Cc2ccc(CC(C)=O)cc2)cc1. The molecule has 0 saturated heterocycles. The predicted octanol–water partition coefficient (Wildman–Crippen LogP) is 3.42. The largest absolute Gasteiger partial charge is 0.497 e. The van der Waals surface area contributed by atoms with E-state index >= 15 is 0 Å². The van der Waals surface area contributed by atoms with E-state index in [1.54, 1.807) is 14.0 Å². The van der Waals surface area contributed by atoms with Crippen molar-refractivity contribution in [1.82, 2.24) is 0 Å². The van der Waals surface area contributed by atoms with Gasteiger partial charge in [0.2, 0.25) is 0 Å². The van der Waals surface area contributed by atoms with E-state index < -0.39 is 0 Å². The lowest BCUT2D eigenvalue weighted by atomic mass is 10.0. The fourth-order valence-electron chi connectivity index (χ4n) is 2.04. The van der Waals surface area contributed by atoms with Gasteiger partial charge >= 0.3 is 0 Å². The predicted molar refractivity (Wildman–Crippen MR) is 76.6 cm³/mol. The lowest BCUT2D eigenvalue weighted by Gasteiger charge is -2.05. The third-order valence-electron chi connectivity index (χ3n) is 3.04. The van der Waals surface area contributed by atoms with Gasteiger partial charge in [-0.3, -0.25) is 4.79 Å². The van der Waals surface area contributed by atoms with Gasteiger partial charge in [-0.15, -0.1) is 0 Å². The molecule has 0 unspecified atom stereocenters. The van der Waals surface area contributed by atoms with E-state index in [1.165, 1.54) is 11.1 Å². The maximum Gasteiger partial charge on any atom is 0.134 e. The van der Waals surface area contributed by atoms with Crippen molar-refractivity contribution in [3.63, 3.8) is 0 Å². The Balaban J connectivity index is 2.04. The molecule has 0 spiro atoms. The Labute approximate surface area is 114 Å². The Hall–Kier alpha value is -2.09. The molecule has 2 heteroatoms. The Morgan fingerprint density at radius 2 is 1.37 bits per heavy atom. The van der Waals surface area contributed by atoms with E-state index in [0.29, 0.717) is 6.42 Å². The first-order valence-electron chi connectivity index (χ1n) is 6.37. The fourth-order valence-corrected chi connectivity index (χ4v) is 2.04. The van der Waals surface area contributed by atoms with Crippen LogP contribution in [0.15, 0.2) is 48.5 Å². The molecule has 0 heterocycles. The van der Waals surface area contributed by atoms with Crippen molar-refractivity contribution in [1.29, 1.82) is 0 Å². The van der Waals surface area contributed by atoms with Crippen LogP contribution < -0.4 is 4.74 Å². The minimum atomic E-state index is 0.197. The van der Waals surface area contributed by atoms with Crippen LogP contribution in [0.5, 0.6) is 5.75 Å². The van der Waals surface area contributed by atoms with Crippen LogP contribution in [0, 0.1) is 0 Å². The van der Waals surface area contributed by atoms with Gasteiger partial charge in [-0.1, -0.05) is 36.4 Å². The van der Waals surface area contributed by atoms with Gasteiger partial charge in [0, 0.05) is 6.42 Å². The van der Waals surface area contributed by atoms with Crippen molar-refractivity contribution in [2.75, 3.05) is 7.11 Å². The summed E-state index contributed by atoms with van der Waals surface area (Å²) < 4.78 is 5.14. The van der Waals surface area contributed by atoms with E-state index in [4.69, 9.17) is 4.74 Å². The molecule has 0 aliphatic heterocycles. The topological polar surface area (TPSA) is 26.3 Å². The van der Waals surface area contributed by atoms with Gasteiger partial charge in [-0.2, -0.15) is 0 Å². The quantitative estimate of drug-likeness (QED) is 0.817. The molecule has 0 aliphatic rings. The van der Waals surface area contributed by atoms with Crippen LogP contribution in [-0.4, -0.2) is 12.9 Å². The number of benzene rings is 2. The molecular formula is C17H18O2. The summed E-state index contributed by atoms with van der Waals surface area (Å²) in [5.74, 6) is 1.07. The van der Waals surface area contributed by atoms with Gasteiger partial charge in [-0.05, 0) is 42.2 Å². The third-order valence-corrected chi connectivity index (χ3v) is 3.04. The zero-order valence-electron chi connectivity index (χ0n) is 11.3. The van der Waals surface area contributed by atoms with E-state index in [9.17, 15) is 4.79 Å². The molecule has 0 fully saturated rings. The molecule has 98 valence electrons. The fraction of sp³-hybridized carbons (Fsp3) is 0.235. The summed E-state index contributed by atoms with van der Waals surface area (Å²) in [6.45, 7) is 1.62. The van der Waals surface area contributed by atoms with Crippen LogP contribution in [0.2, 0.25) is 0 Å². The molecule has 19 heavy (non-hydrogen) atoms. The third kappa shape index (κ3) is 3.95. The summed E-state index contributed by atoms with van der Waals surface area (Å²) in [6, 6.07) is 16.3. The second-order valence-electron chi connectivity index (χ2n) is 4.72. The van der Waals surface area contributed by atoms with Gasteiger partial charge < -0.3 is 4.74 Å². The molecular weight excluding hydrogens is 236 g/mol. The lowest BCUT2D eigenvalue weighted by Crippen LogP contribution is -1.96. The maximum absolute atomic E-state index is 11.0. The Morgan fingerprint density at radius 1 is 0.895 bits per heavy atom. The molecule has 0 aliphatic carbocycles. The molecule has 2 rings (SSSR count). The first kappa shape index (κ1) is 13.3. The van der Waals surface area contributed by atoms with E-state index in [2.05, 4.69) is 24.3 Å². The van der Waals surface area contributed by atoms with Crippen molar-refractivity contribution in [2.24, 2.45) is 0 Å². The monoisotopic (exact) mass is 254 g/mol. The molecule has 0 atom stereocenters. The first-order chi connectivity index (χ1) is 9.17. The Kier molecular flexibility index (Phi) is 4.35. The normalized spacial score (nSPS) is 10.2. The van der Waals surface area contributed by atoms with Crippen LogP contribution in [-0.2, 0) is 17.6 Å². The van der Waals surface area contributed by atoms with Crippen molar-refractivity contribution in [3.8, 4) is 5.75 Å². The van der Waals surface area contributed by atoms with Crippen LogP contribution >= 0.6 is 0 Å². The molecule has 0 N–H and O–H groups in total. The number of methoxy groups -OCH3 is 1. The summed E-state index contributed by atoms with van der Waals surface area (Å²) >= 11 is 0. The Morgan fingerprint density at radius 3 is 1.84 bits per heavy atom. The van der Waals surface area contributed by atoms with E-state index in [1.807, 2.05) is 24.3 Å². The number of hydrogen-bond acceptors (Lipinski definition) is 2. The summed E-state index contributed by atoms with van der Waals surface area (Å²) in [5, 5.41) is 0. The average molecular weight is 254 g/mol. The average Bonchev–Trinajstić information content (AvgIpc) is 2.41. The summed E-state index contributed by atoms with van der Waals surface area (Å²) in [5.41, 5.74) is 3.57. The highest BCUT2D eigenvalue weighted by Gasteiger charge is 2.00. The van der Waals surface area contributed by atoms with Gasteiger partial charge in [0.25, 0.3) is 0 Å². The highest BCUT2D eigenvalue weighted by molar-refractivity contribution is 5.78. The van der Waals surface area contributed by atoms with Crippen LogP contribution in [0.4, 0.5) is 0 Å². The molecule has 0 amide bonds. The van der Waals surface area contributed by atoms with Crippen LogP contribution in [0.1, 0.15) is 23.6 Å². The second kappa shape index (κ2) is 6.19. The van der Waals surface area contributed by atoms with E-state index in [0.717, 1.165) is 17.7 Å². The van der Waals surface area contributed by atoms with Crippen LogP contribution in [0.3, 0.4) is 0 Å². The zero-order valence-corrected chi connectivity index (χ0v) is 11.3.